The van der Waals surface area contributed by atoms with Crippen molar-refractivity contribution in [3.8, 4) is 5.75 Å². The third-order valence-electron chi connectivity index (χ3n) is 5.90. The molecule has 1 saturated heterocycles. The Labute approximate surface area is 190 Å². The van der Waals surface area contributed by atoms with Crippen molar-refractivity contribution < 1.29 is 27.4 Å². The first-order valence-electron chi connectivity index (χ1n) is 11.0. The molecule has 10 heteroatoms. The highest BCUT2D eigenvalue weighted by molar-refractivity contribution is 5.94. The largest absolute Gasteiger partial charge is 0.573 e. The topological polar surface area (TPSA) is 68.6 Å². The van der Waals surface area contributed by atoms with Gasteiger partial charge in [-0.2, -0.15) is 5.10 Å². The zero-order valence-electron chi connectivity index (χ0n) is 18.2. The molecule has 1 aromatic carbocycles. The van der Waals surface area contributed by atoms with Crippen LogP contribution in [-0.4, -0.2) is 59.3 Å². The van der Waals surface area contributed by atoms with Crippen molar-refractivity contribution in [1.29, 1.82) is 0 Å². The van der Waals surface area contributed by atoms with Crippen molar-refractivity contribution in [1.82, 2.24) is 20.0 Å². The second-order valence-corrected chi connectivity index (χ2v) is 8.16. The molecule has 4 rings (SSSR count). The first-order valence-corrected chi connectivity index (χ1v) is 11.0. The molecule has 1 amide bonds. The molecule has 0 unspecified atom stereocenters. The first kappa shape index (κ1) is 23.3. The maximum Gasteiger partial charge on any atom is 0.573 e. The molecule has 2 aliphatic rings. The van der Waals surface area contributed by atoms with Gasteiger partial charge in [0.2, 0.25) is 0 Å². The van der Waals surface area contributed by atoms with Gasteiger partial charge in [-0.1, -0.05) is 18.2 Å². The Morgan fingerprint density at radius 3 is 2.67 bits per heavy atom. The summed E-state index contributed by atoms with van der Waals surface area (Å²) in [5.74, 6) is -0.312. The first-order chi connectivity index (χ1) is 15.8. The number of halogens is 3. The second kappa shape index (κ2) is 9.96. The summed E-state index contributed by atoms with van der Waals surface area (Å²) in [4.78, 5) is 14.9. The number of carbonyl (C=O) groups excluding carboxylic acids is 1. The lowest BCUT2D eigenvalue weighted by atomic mass is 9.90. The molecular weight excluding hydrogens is 437 g/mol. The number of benzene rings is 1. The molecule has 2 heterocycles. The van der Waals surface area contributed by atoms with Crippen LogP contribution in [0.5, 0.6) is 5.75 Å². The maximum atomic E-state index is 13.2. The van der Waals surface area contributed by atoms with Gasteiger partial charge in [0.25, 0.3) is 5.91 Å². The standard InChI is InChI=1S/C23H27F3N4O3/c1-2-9-30-20-8-5-17(27-15-16-3-6-18(7-4-16)33-23(24,25)26)14-19(20)21(28-30)22(31)29-10-12-32-13-11-29/h2-4,6-7,17,27H,1,5,8-15H2/t17-/m1/s1. The highest BCUT2D eigenvalue weighted by Crippen LogP contribution is 2.27. The average Bonchev–Trinajstić information content (AvgIpc) is 3.15. The van der Waals surface area contributed by atoms with Crippen molar-refractivity contribution in [2.45, 2.75) is 44.8 Å². The number of nitrogens with zero attached hydrogens (tertiary/aromatic N) is 3. The van der Waals surface area contributed by atoms with Gasteiger partial charge in [0.1, 0.15) is 5.75 Å². The summed E-state index contributed by atoms with van der Waals surface area (Å²) in [6, 6.07) is 5.96. The maximum absolute atomic E-state index is 13.2. The number of aromatic nitrogens is 2. The lowest BCUT2D eigenvalue weighted by Gasteiger charge is -2.28. The molecular formula is C23H27F3N4O3. The number of amides is 1. The van der Waals surface area contributed by atoms with Gasteiger partial charge < -0.3 is 19.7 Å². The highest BCUT2D eigenvalue weighted by atomic mass is 19.4. The number of rotatable bonds is 7. The number of allylic oxidation sites excluding steroid dienone is 1. The molecule has 1 fully saturated rings. The molecule has 1 atom stereocenters. The van der Waals surface area contributed by atoms with Gasteiger partial charge in [-0.05, 0) is 37.0 Å². The molecule has 178 valence electrons. The molecule has 0 saturated carbocycles. The predicted octanol–water partition coefficient (Wildman–Crippen LogP) is 3.09. The van der Waals surface area contributed by atoms with Crippen molar-refractivity contribution in [3.05, 3.63) is 59.4 Å². The van der Waals surface area contributed by atoms with Crippen LogP contribution in [0.2, 0.25) is 0 Å². The van der Waals surface area contributed by atoms with Crippen LogP contribution >= 0.6 is 0 Å². The monoisotopic (exact) mass is 464 g/mol. The van der Waals surface area contributed by atoms with Gasteiger partial charge in [-0.25, -0.2) is 0 Å². The Bertz CT molecular complexity index is 982. The van der Waals surface area contributed by atoms with Gasteiger partial charge >= 0.3 is 6.36 Å². The normalized spacial score (nSPS) is 18.6. The van der Waals surface area contributed by atoms with E-state index in [9.17, 15) is 18.0 Å². The van der Waals surface area contributed by atoms with Gasteiger partial charge in [0.05, 0.1) is 19.8 Å². The van der Waals surface area contributed by atoms with E-state index in [0.29, 0.717) is 51.5 Å². The number of alkyl halides is 3. The number of ether oxygens (including phenoxy) is 2. The molecule has 2 aromatic rings. The van der Waals surface area contributed by atoms with E-state index >= 15 is 0 Å². The molecule has 0 bridgehead atoms. The Kier molecular flexibility index (Phi) is 7.04. The Morgan fingerprint density at radius 1 is 1.27 bits per heavy atom. The molecule has 1 aromatic heterocycles. The van der Waals surface area contributed by atoms with Gasteiger partial charge in [0.15, 0.2) is 5.69 Å². The summed E-state index contributed by atoms with van der Waals surface area (Å²) < 4.78 is 48.1. The summed E-state index contributed by atoms with van der Waals surface area (Å²) in [5.41, 5.74) is 3.38. The molecule has 7 nitrogen and oxygen atoms in total. The minimum atomic E-state index is -4.70. The molecule has 1 N–H and O–H groups in total. The van der Waals surface area contributed by atoms with E-state index in [1.165, 1.54) is 12.1 Å². The molecule has 1 aliphatic carbocycles. The Hall–Kier alpha value is -2.85. The number of hydrogen-bond acceptors (Lipinski definition) is 5. The fraction of sp³-hybridized carbons (Fsp3) is 0.478. The fourth-order valence-corrected chi connectivity index (χ4v) is 4.29. The van der Waals surface area contributed by atoms with E-state index in [4.69, 9.17) is 4.74 Å². The van der Waals surface area contributed by atoms with Crippen molar-refractivity contribution in [2.24, 2.45) is 0 Å². The molecule has 0 spiro atoms. The summed E-state index contributed by atoms with van der Waals surface area (Å²) >= 11 is 0. The summed E-state index contributed by atoms with van der Waals surface area (Å²) in [7, 11) is 0. The Morgan fingerprint density at radius 2 is 2.00 bits per heavy atom. The number of morpholine rings is 1. The highest BCUT2D eigenvalue weighted by Gasteiger charge is 2.32. The van der Waals surface area contributed by atoms with Crippen LogP contribution in [0.3, 0.4) is 0 Å². The average molecular weight is 464 g/mol. The van der Waals surface area contributed by atoms with E-state index in [2.05, 4.69) is 21.7 Å². The van der Waals surface area contributed by atoms with Crippen LogP contribution in [0.4, 0.5) is 13.2 Å². The van der Waals surface area contributed by atoms with Crippen molar-refractivity contribution in [2.75, 3.05) is 26.3 Å². The number of hydrogen-bond donors (Lipinski definition) is 1. The van der Waals surface area contributed by atoms with E-state index in [0.717, 1.165) is 29.7 Å². The van der Waals surface area contributed by atoms with Gasteiger partial charge in [-0.15, -0.1) is 19.8 Å². The van der Waals surface area contributed by atoms with Crippen LogP contribution in [0.1, 0.15) is 33.7 Å². The minimum Gasteiger partial charge on any atom is -0.406 e. The quantitative estimate of drug-likeness (QED) is 0.638. The van der Waals surface area contributed by atoms with Crippen molar-refractivity contribution in [3.63, 3.8) is 0 Å². The Balaban J connectivity index is 1.43. The van der Waals surface area contributed by atoms with Crippen LogP contribution in [-0.2, 0) is 30.7 Å². The minimum absolute atomic E-state index is 0.0711. The van der Waals surface area contributed by atoms with Crippen LogP contribution in [0.25, 0.3) is 0 Å². The van der Waals surface area contributed by atoms with Crippen molar-refractivity contribution >= 4 is 5.91 Å². The zero-order valence-corrected chi connectivity index (χ0v) is 18.2. The fourth-order valence-electron chi connectivity index (χ4n) is 4.29. The molecule has 0 radical (unpaired) electrons. The van der Waals surface area contributed by atoms with Crippen LogP contribution < -0.4 is 10.1 Å². The van der Waals surface area contributed by atoms with E-state index in [1.54, 1.807) is 23.1 Å². The summed E-state index contributed by atoms with van der Waals surface area (Å²) in [6.45, 7) is 7.00. The van der Waals surface area contributed by atoms with E-state index in [1.807, 2.05) is 4.68 Å². The smallest absolute Gasteiger partial charge is 0.406 e. The predicted molar refractivity (Wildman–Crippen MR) is 115 cm³/mol. The van der Waals surface area contributed by atoms with E-state index in [-0.39, 0.29) is 17.7 Å². The lowest BCUT2D eigenvalue weighted by molar-refractivity contribution is -0.274. The number of nitrogens with one attached hydrogen (secondary N) is 1. The molecule has 33 heavy (non-hydrogen) atoms. The number of carbonyl (C=O) groups is 1. The van der Waals surface area contributed by atoms with Crippen LogP contribution in [0, 0.1) is 0 Å². The summed E-state index contributed by atoms with van der Waals surface area (Å²) in [5, 5.41) is 8.10. The molecule has 1 aliphatic heterocycles. The SMILES string of the molecule is C=CCn1nc(C(=O)N2CCOCC2)c2c1CC[C@@H](NCc1ccc(OC(F)(F)F)cc1)C2. The van der Waals surface area contributed by atoms with E-state index < -0.39 is 6.36 Å². The lowest BCUT2D eigenvalue weighted by Crippen LogP contribution is -2.41. The second-order valence-electron chi connectivity index (χ2n) is 8.16. The number of fused-ring (bicyclic) bond motifs is 1. The third-order valence-corrected chi connectivity index (χ3v) is 5.90. The summed E-state index contributed by atoms with van der Waals surface area (Å²) in [6.07, 6.45) is -0.620. The van der Waals surface area contributed by atoms with Crippen LogP contribution in [0.15, 0.2) is 36.9 Å². The van der Waals surface area contributed by atoms with Gasteiger partial charge in [0, 0.05) is 36.9 Å². The third kappa shape index (κ3) is 5.75. The van der Waals surface area contributed by atoms with Gasteiger partial charge in [-0.3, -0.25) is 9.48 Å². The zero-order chi connectivity index (χ0) is 23.4.